The van der Waals surface area contributed by atoms with Gasteiger partial charge < -0.3 is 5.73 Å². The fourth-order valence-corrected chi connectivity index (χ4v) is 1.57. The van der Waals surface area contributed by atoms with Crippen molar-refractivity contribution in [3.8, 4) is 11.1 Å². The van der Waals surface area contributed by atoms with Crippen LogP contribution >= 0.6 is 0 Å². The van der Waals surface area contributed by atoms with Gasteiger partial charge in [0.25, 0.3) is 0 Å². The van der Waals surface area contributed by atoms with E-state index in [0.717, 1.165) is 6.42 Å². The second-order valence-electron chi connectivity index (χ2n) is 3.47. The Kier molecular flexibility index (Phi) is 3.10. The van der Waals surface area contributed by atoms with E-state index in [1.807, 2.05) is 24.5 Å². The average Bonchev–Trinajstić information content (AvgIpc) is 2.32. The monoisotopic (exact) mass is 198 g/mol. The molecule has 2 heteroatoms. The highest BCUT2D eigenvalue weighted by atomic mass is 14.6. The molecule has 0 aliphatic heterocycles. The number of rotatable bonds is 3. The van der Waals surface area contributed by atoms with Crippen molar-refractivity contribution >= 4 is 0 Å². The van der Waals surface area contributed by atoms with Gasteiger partial charge in [-0.15, -0.1) is 0 Å². The van der Waals surface area contributed by atoms with Crippen LogP contribution in [0.5, 0.6) is 0 Å². The summed E-state index contributed by atoms with van der Waals surface area (Å²) in [5, 5.41) is 0. The molecule has 0 aliphatic carbocycles. The fraction of sp³-hybridized carbons (Fsp3) is 0.154. The van der Waals surface area contributed by atoms with Crippen molar-refractivity contribution < 1.29 is 0 Å². The van der Waals surface area contributed by atoms with Crippen LogP contribution in [0.2, 0.25) is 0 Å². The lowest BCUT2D eigenvalue weighted by atomic mass is 10.0. The van der Waals surface area contributed by atoms with E-state index in [0.29, 0.717) is 6.54 Å². The predicted molar refractivity (Wildman–Crippen MR) is 62.4 cm³/mol. The molecule has 0 atom stereocenters. The lowest BCUT2D eigenvalue weighted by molar-refractivity contribution is 0.969. The van der Waals surface area contributed by atoms with Gasteiger partial charge in [-0.2, -0.15) is 0 Å². The molecule has 1 heterocycles. The van der Waals surface area contributed by atoms with Gasteiger partial charge in [-0.05, 0) is 41.8 Å². The molecule has 1 aromatic carbocycles. The molecule has 76 valence electrons. The quantitative estimate of drug-likeness (QED) is 0.821. The van der Waals surface area contributed by atoms with E-state index in [9.17, 15) is 0 Å². The molecule has 2 aromatic rings. The largest absolute Gasteiger partial charge is 0.330 e. The highest BCUT2D eigenvalue weighted by Gasteiger charge is 1.96. The van der Waals surface area contributed by atoms with Gasteiger partial charge in [-0.25, -0.2) is 0 Å². The summed E-state index contributed by atoms with van der Waals surface area (Å²) in [4.78, 5) is 4.00. The SMILES string of the molecule is NCCc1ccc(-c2ccncc2)cc1. The van der Waals surface area contributed by atoms with Crippen LogP contribution in [-0.2, 0) is 6.42 Å². The molecule has 0 amide bonds. The minimum absolute atomic E-state index is 0.703. The van der Waals surface area contributed by atoms with E-state index in [1.54, 1.807) is 0 Å². The van der Waals surface area contributed by atoms with Crippen molar-refractivity contribution in [2.75, 3.05) is 6.54 Å². The average molecular weight is 198 g/mol. The Morgan fingerprint density at radius 2 is 1.47 bits per heavy atom. The number of benzene rings is 1. The van der Waals surface area contributed by atoms with Crippen LogP contribution in [0.15, 0.2) is 48.8 Å². The van der Waals surface area contributed by atoms with Gasteiger partial charge in [0.1, 0.15) is 0 Å². The molecule has 0 bridgehead atoms. The Morgan fingerprint density at radius 1 is 0.867 bits per heavy atom. The first-order valence-corrected chi connectivity index (χ1v) is 5.09. The molecule has 0 saturated heterocycles. The van der Waals surface area contributed by atoms with Crippen molar-refractivity contribution in [3.63, 3.8) is 0 Å². The van der Waals surface area contributed by atoms with E-state index in [2.05, 4.69) is 29.2 Å². The van der Waals surface area contributed by atoms with Gasteiger partial charge >= 0.3 is 0 Å². The number of nitrogens with two attached hydrogens (primary N) is 1. The first kappa shape index (κ1) is 9.87. The van der Waals surface area contributed by atoms with Gasteiger partial charge in [0.05, 0.1) is 0 Å². The first-order valence-electron chi connectivity index (χ1n) is 5.09. The maximum atomic E-state index is 5.50. The Labute approximate surface area is 89.8 Å². The molecular formula is C13H14N2. The van der Waals surface area contributed by atoms with Crippen LogP contribution in [0.1, 0.15) is 5.56 Å². The normalized spacial score (nSPS) is 10.2. The van der Waals surface area contributed by atoms with Crippen molar-refractivity contribution in [1.82, 2.24) is 4.98 Å². The minimum atomic E-state index is 0.703. The third-order valence-corrected chi connectivity index (χ3v) is 2.40. The van der Waals surface area contributed by atoms with Gasteiger partial charge in [-0.1, -0.05) is 24.3 Å². The molecule has 2 N–H and O–H groups in total. The first-order chi connectivity index (χ1) is 7.40. The zero-order valence-corrected chi connectivity index (χ0v) is 8.56. The molecule has 0 radical (unpaired) electrons. The standard InChI is InChI=1S/C13H14N2/c14-8-5-11-1-3-12(4-2-11)13-6-9-15-10-7-13/h1-4,6-7,9-10H,5,8,14H2. The second kappa shape index (κ2) is 4.71. The predicted octanol–water partition coefficient (Wildman–Crippen LogP) is 2.25. The number of aromatic nitrogens is 1. The van der Waals surface area contributed by atoms with E-state index in [4.69, 9.17) is 5.73 Å². The maximum Gasteiger partial charge on any atom is 0.0273 e. The Bertz CT molecular complexity index is 406. The highest BCUT2D eigenvalue weighted by Crippen LogP contribution is 2.18. The van der Waals surface area contributed by atoms with Crippen LogP contribution in [0.4, 0.5) is 0 Å². The fourth-order valence-electron chi connectivity index (χ4n) is 1.57. The summed E-state index contributed by atoms with van der Waals surface area (Å²) in [6.07, 6.45) is 4.56. The third kappa shape index (κ3) is 2.42. The van der Waals surface area contributed by atoms with Crippen LogP contribution in [0.25, 0.3) is 11.1 Å². The van der Waals surface area contributed by atoms with Gasteiger partial charge in [0.2, 0.25) is 0 Å². The van der Waals surface area contributed by atoms with Crippen molar-refractivity contribution in [2.45, 2.75) is 6.42 Å². The minimum Gasteiger partial charge on any atom is -0.330 e. The van der Waals surface area contributed by atoms with Crippen LogP contribution in [-0.4, -0.2) is 11.5 Å². The Hall–Kier alpha value is -1.67. The molecule has 0 aliphatic rings. The summed E-state index contributed by atoms with van der Waals surface area (Å²) in [7, 11) is 0. The summed E-state index contributed by atoms with van der Waals surface area (Å²) in [5.74, 6) is 0. The van der Waals surface area contributed by atoms with E-state index in [1.165, 1.54) is 16.7 Å². The molecule has 2 nitrogen and oxygen atoms in total. The number of hydrogen-bond donors (Lipinski definition) is 1. The van der Waals surface area contributed by atoms with Crippen molar-refractivity contribution in [1.29, 1.82) is 0 Å². The number of nitrogens with zero attached hydrogens (tertiary/aromatic N) is 1. The number of pyridine rings is 1. The van der Waals surface area contributed by atoms with Crippen molar-refractivity contribution in [3.05, 3.63) is 54.4 Å². The molecule has 0 fully saturated rings. The summed E-state index contributed by atoms with van der Waals surface area (Å²) in [5.41, 5.74) is 9.21. The van der Waals surface area contributed by atoms with Gasteiger partial charge in [-0.3, -0.25) is 4.98 Å². The summed E-state index contributed by atoms with van der Waals surface area (Å²) in [6.45, 7) is 0.703. The summed E-state index contributed by atoms with van der Waals surface area (Å²) < 4.78 is 0. The van der Waals surface area contributed by atoms with Gasteiger partial charge in [0, 0.05) is 12.4 Å². The highest BCUT2D eigenvalue weighted by molar-refractivity contribution is 5.62. The van der Waals surface area contributed by atoms with Crippen LogP contribution < -0.4 is 5.73 Å². The molecule has 2 rings (SSSR count). The maximum absolute atomic E-state index is 5.50. The Morgan fingerprint density at radius 3 is 2.07 bits per heavy atom. The zero-order chi connectivity index (χ0) is 10.5. The zero-order valence-electron chi connectivity index (χ0n) is 8.56. The van der Waals surface area contributed by atoms with E-state index < -0.39 is 0 Å². The third-order valence-electron chi connectivity index (χ3n) is 2.40. The van der Waals surface area contributed by atoms with Crippen LogP contribution in [0.3, 0.4) is 0 Å². The molecule has 0 saturated carbocycles. The molecule has 1 aromatic heterocycles. The topological polar surface area (TPSA) is 38.9 Å². The lowest BCUT2D eigenvalue weighted by Crippen LogP contribution is -2.02. The number of hydrogen-bond acceptors (Lipinski definition) is 2. The lowest BCUT2D eigenvalue weighted by Gasteiger charge is -2.02. The second-order valence-corrected chi connectivity index (χ2v) is 3.47. The van der Waals surface area contributed by atoms with E-state index in [-0.39, 0.29) is 0 Å². The smallest absolute Gasteiger partial charge is 0.0273 e. The summed E-state index contributed by atoms with van der Waals surface area (Å²) >= 11 is 0. The van der Waals surface area contributed by atoms with Gasteiger partial charge in [0.15, 0.2) is 0 Å². The molecule has 0 spiro atoms. The summed E-state index contributed by atoms with van der Waals surface area (Å²) in [6, 6.07) is 12.5. The molecular weight excluding hydrogens is 184 g/mol. The van der Waals surface area contributed by atoms with Crippen molar-refractivity contribution in [2.24, 2.45) is 5.73 Å². The Balaban J connectivity index is 2.24. The van der Waals surface area contributed by atoms with Crippen LogP contribution in [0, 0.1) is 0 Å². The molecule has 0 unspecified atom stereocenters. The molecule has 15 heavy (non-hydrogen) atoms. The van der Waals surface area contributed by atoms with E-state index >= 15 is 0 Å².